The zero-order chi connectivity index (χ0) is 16.7. The molecule has 2 aromatic rings. The normalized spacial score (nSPS) is 19.4. The van der Waals surface area contributed by atoms with E-state index >= 15 is 0 Å². The third-order valence-electron chi connectivity index (χ3n) is 4.43. The Bertz CT molecular complexity index is 794. The van der Waals surface area contributed by atoms with Gasteiger partial charge in [0.2, 0.25) is 5.91 Å². The number of aryl methyl sites for hydroxylation is 3. The van der Waals surface area contributed by atoms with Crippen LogP contribution in [-0.2, 0) is 4.79 Å². The summed E-state index contributed by atoms with van der Waals surface area (Å²) in [5.41, 5.74) is 3.64. The first-order valence-corrected chi connectivity index (χ1v) is 8.46. The van der Waals surface area contributed by atoms with Gasteiger partial charge in [0.25, 0.3) is 0 Å². The highest BCUT2D eigenvalue weighted by Crippen LogP contribution is 2.50. The summed E-state index contributed by atoms with van der Waals surface area (Å²) in [5.74, 6) is -0.705. The first kappa shape index (κ1) is 15.7. The SMILES string of the molecule is Cc1cc(C)c(C(=O)O)cc1NC(=O)C1CC1c1sccc1C. The standard InChI is InChI=1S/C18H19NO3S/c1-9-4-5-23-16(9)13-7-14(13)17(20)19-15-8-12(18(21)22)10(2)6-11(15)3/h4-6,8,13-14H,7H2,1-3H3,(H,19,20)(H,21,22). The van der Waals surface area contributed by atoms with Crippen molar-refractivity contribution in [1.29, 1.82) is 0 Å². The van der Waals surface area contributed by atoms with Crippen molar-refractivity contribution in [3.8, 4) is 0 Å². The van der Waals surface area contributed by atoms with Crippen molar-refractivity contribution in [2.75, 3.05) is 5.32 Å². The summed E-state index contributed by atoms with van der Waals surface area (Å²) < 4.78 is 0. The van der Waals surface area contributed by atoms with E-state index in [1.165, 1.54) is 10.4 Å². The van der Waals surface area contributed by atoms with Crippen LogP contribution in [0.5, 0.6) is 0 Å². The fourth-order valence-electron chi connectivity index (χ4n) is 2.98. The number of carboxylic acids is 1. The Morgan fingerprint density at radius 3 is 2.52 bits per heavy atom. The molecule has 1 aromatic carbocycles. The highest BCUT2D eigenvalue weighted by atomic mass is 32.1. The van der Waals surface area contributed by atoms with E-state index in [1.54, 1.807) is 30.4 Å². The number of benzene rings is 1. The predicted octanol–water partition coefficient (Wildman–Crippen LogP) is 4.11. The fourth-order valence-corrected chi connectivity index (χ4v) is 4.09. The smallest absolute Gasteiger partial charge is 0.336 e. The highest BCUT2D eigenvalue weighted by Gasteiger charge is 2.45. The molecule has 2 atom stereocenters. The molecule has 4 nitrogen and oxygen atoms in total. The van der Waals surface area contributed by atoms with E-state index in [2.05, 4.69) is 23.7 Å². The Kier molecular flexibility index (Phi) is 3.98. The predicted molar refractivity (Wildman–Crippen MR) is 91.4 cm³/mol. The summed E-state index contributed by atoms with van der Waals surface area (Å²) in [5, 5.41) is 14.2. The summed E-state index contributed by atoms with van der Waals surface area (Å²) in [6.45, 7) is 5.71. The largest absolute Gasteiger partial charge is 0.478 e. The third kappa shape index (κ3) is 3.01. The van der Waals surface area contributed by atoms with Crippen molar-refractivity contribution in [2.45, 2.75) is 33.1 Å². The van der Waals surface area contributed by atoms with Gasteiger partial charge >= 0.3 is 5.97 Å². The molecule has 120 valence electrons. The van der Waals surface area contributed by atoms with Gasteiger partial charge in [0, 0.05) is 22.4 Å². The minimum absolute atomic E-state index is 0.0127. The zero-order valence-electron chi connectivity index (χ0n) is 13.3. The lowest BCUT2D eigenvalue weighted by atomic mass is 10.0. The highest BCUT2D eigenvalue weighted by molar-refractivity contribution is 7.10. The number of carbonyl (C=O) groups excluding carboxylic acids is 1. The molecule has 1 amide bonds. The molecule has 1 aliphatic rings. The maximum Gasteiger partial charge on any atom is 0.336 e. The van der Waals surface area contributed by atoms with Gasteiger partial charge in [-0.05, 0) is 61.4 Å². The van der Waals surface area contributed by atoms with Gasteiger partial charge in [0.15, 0.2) is 0 Å². The van der Waals surface area contributed by atoms with Gasteiger partial charge in [-0.1, -0.05) is 6.07 Å². The van der Waals surface area contributed by atoms with Gasteiger partial charge in [-0.2, -0.15) is 0 Å². The number of nitrogens with one attached hydrogen (secondary N) is 1. The van der Waals surface area contributed by atoms with Crippen LogP contribution in [0, 0.1) is 26.7 Å². The molecule has 0 saturated heterocycles. The van der Waals surface area contributed by atoms with E-state index in [4.69, 9.17) is 0 Å². The lowest BCUT2D eigenvalue weighted by Crippen LogP contribution is -2.16. The van der Waals surface area contributed by atoms with Crippen molar-refractivity contribution in [3.05, 3.63) is 50.7 Å². The van der Waals surface area contributed by atoms with Crippen molar-refractivity contribution in [1.82, 2.24) is 0 Å². The van der Waals surface area contributed by atoms with Crippen molar-refractivity contribution in [2.24, 2.45) is 5.92 Å². The van der Waals surface area contributed by atoms with Crippen LogP contribution in [0.2, 0.25) is 0 Å². The Morgan fingerprint density at radius 2 is 1.91 bits per heavy atom. The lowest BCUT2D eigenvalue weighted by Gasteiger charge is -2.11. The molecule has 0 bridgehead atoms. The number of hydrogen-bond acceptors (Lipinski definition) is 3. The molecule has 1 heterocycles. The second-order valence-electron chi connectivity index (χ2n) is 6.19. The lowest BCUT2D eigenvalue weighted by molar-refractivity contribution is -0.117. The van der Waals surface area contributed by atoms with Crippen LogP contribution in [-0.4, -0.2) is 17.0 Å². The van der Waals surface area contributed by atoms with Crippen LogP contribution >= 0.6 is 11.3 Å². The molecule has 5 heteroatoms. The van der Waals surface area contributed by atoms with E-state index in [0.29, 0.717) is 17.2 Å². The molecular formula is C18H19NO3S. The molecule has 2 N–H and O–H groups in total. The third-order valence-corrected chi connectivity index (χ3v) is 5.58. The van der Waals surface area contributed by atoms with Crippen molar-refractivity contribution < 1.29 is 14.7 Å². The Labute approximate surface area is 139 Å². The molecule has 1 aliphatic carbocycles. The van der Waals surface area contributed by atoms with Gasteiger partial charge in [-0.15, -0.1) is 11.3 Å². The molecule has 3 rings (SSSR count). The number of anilines is 1. The van der Waals surface area contributed by atoms with Gasteiger partial charge in [-0.25, -0.2) is 4.79 Å². The number of hydrogen-bond donors (Lipinski definition) is 2. The molecule has 0 aliphatic heterocycles. The second kappa shape index (κ2) is 5.81. The van der Waals surface area contributed by atoms with Gasteiger partial charge in [-0.3, -0.25) is 4.79 Å². The summed E-state index contributed by atoms with van der Waals surface area (Å²) in [4.78, 5) is 25.0. The molecule has 1 aromatic heterocycles. The van der Waals surface area contributed by atoms with Crippen LogP contribution in [0.15, 0.2) is 23.6 Å². The average Bonchev–Trinajstić information content (AvgIpc) is 3.16. The number of rotatable bonds is 4. The number of carbonyl (C=O) groups is 2. The molecule has 1 saturated carbocycles. The Morgan fingerprint density at radius 1 is 1.17 bits per heavy atom. The summed E-state index contributed by atoms with van der Waals surface area (Å²) in [7, 11) is 0. The van der Waals surface area contributed by atoms with Crippen LogP contribution in [0.1, 0.15) is 44.3 Å². The molecule has 23 heavy (non-hydrogen) atoms. The summed E-state index contributed by atoms with van der Waals surface area (Å²) in [6.07, 6.45) is 0.865. The minimum Gasteiger partial charge on any atom is -0.478 e. The van der Waals surface area contributed by atoms with Crippen LogP contribution in [0.3, 0.4) is 0 Å². The number of amides is 1. The topological polar surface area (TPSA) is 66.4 Å². The minimum atomic E-state index is -0.975. The van der Waals surface area contributed by atoms with E-state index in [1.807, 2.05) is 6.92 Å². The number of carboxylic acid groups (broad SMARTS) is 1. The maximum atomic E-state index is 12.5. The van der Waals surface area contributed by atoms with Crippen molar-refractivity contribution in [3.63, 3.8) is 0 Å². The first-order valence-electron chi connectivity index (χ1n) is 7.58. The maximum absolute atomic E-state index is 12.5. The zero-order valence-corrected chi connectivity index (χ0v) is 14.2. The molecular weight excluding hydrogens is 310 g/mol. The molecule has 2 unspecified atom stereocenters. The first-order chi connectivity index (χ1) is 10.9. The molecule has 1 fully saturated rings. The second-order valence-corrected chi connectivity index (χ2v) is 7.14. The number of aromatic carboxylic acids is 1. The van der Waals surface area contributed by atoms with E-state index in [9.17, 15) is 14.7 Å². The fraction of sp³-hybridized carbons (Fsp3) is 0.333. The van der Waals surface area contributed by atoms with Crippen LogP contribution in [0.4, 0.5) is 5.69 Å². The summed E-state index contributed by atoms with van der Waals surface area (Å²) >= 11 is 1.70. The van der Waals surface area contributed by atoms with Gasteiger partial charge in [0.05, 0.1) is 5.56 Å². The van der Waals surface area contributed by atoms with E-state index in [-0.39, 0.29) is 17.4 Å². The van der Waals surface area contributed by atoms with E-state index < -0.39 is 5.97 Å². The van der Waals surface area contributed by atoms with E-state index in [0.717, 1.165) is 12.0 Å². The van der Waals surface area contributed by atoms with Crippen LogP contribution < -0.4 is 5.32 Å². The molecule has 0 spiro atoms. The number of thiophene rings is 1. The van der Waals surface area contributed by atoms with Gasteiger partial charge in [0.1, 0.15) is 0 Å². The van der Waals surface area contributed by atoms with Crippen molar-refractivity contribution >= 4 is 28.9 Å². The van der Waals surface area contributed by atoms with Crippen LogP contribution in [0.25, 0.3) is 0 Å². The molecule has 0 radical (unpaired) electrons. The monoisotopic (exact) mass is 329 g/mol. The quantitative estimate of drug-likeness (QED) is 0.887. The Balaban J connectivity index is 1.76. The Hall–Kier alpha value is -2.14. The average molecular weight is 329 g/mol. The van der Waals surface area contributed by atoms with Gasteiger partial charge < -0.3 is 10.4 Å². The summed E-state index contributed by atoms with van der Waals surface area (Å²) in [6, 6.07) is 5.43.